The first-order valence-electron chi connectivity index (χ1n) is 6.03. The smallest absolute Gasteiger partial charge is 0.298 e. The summed E-state index contributed by atoms with van der Waals surface area (Å²) in [6.07, 6.45) is 1.41. The fourth-order valence-electron chi connectivity index (χ4n) is 1.13. The molecule has 0 aliphatic carbocycles. The third-order valence-electron chi connectivity index (χ3n) is 2.21. The highest BCUT2D eigenvalue weighted by molar-refractivity contribution is 7.15. The highest BCUT2D eigenvalue weighted by Gasteiger charge is 2.11. The van der Waals surface area contributed by atoms with Crippen LogP contribution in [-0.4, -0.2) is 11.0 Å². The van der Waals surface area contributed by atoms with Gasteiger partial charge in [-0.05, 0) is 28.3 Å². The minimum Gasteiger partial charge on any atom is -0.397 e. The molecule has 2 N–H and O–H groups in total. The Hall–Kier alpha value is -1.45. The fourth-order valence-corrected chi connectivity index (χ4v) is 3.56. The molecule has 12 heteroatoms. The molecule has 0 fully saturated rings. The second kappa shape index (κ2) is 11.2. The van der Waals surface area contributed by atoms with E-state index in [4.69, 9.17) is 40.5 Å². The third kappa shape index (κ3) is 7.54. The molecular weight excluding hydrogens is 449 g/mol. The summed E-state index contributed by atoms with van der Waals surface area (Å²) >= 11 is 20.4. The predicted octanol–water partition coefficient (Wildman–Crippen LogP) is 6.66. The Labute approximate surface area is 169 Å². The molecule has 3 heterocycles. The Kier molecular flexibility index (Phi) is 9.69. The van der Waals surface area contributed by atoms with E-state index in [9.17, 15) is 14.9 Å². The molecular formula is C13H8Cl3N3O3S3. The SMILES string of the molecule is Nc1ccsc1Cl.O=C=Nc1ccsc1Cl.O=[N+]([O-])c1ccsc1Cl. The van der Waals surface area contributed by atoms with Crippen LogP contribution in [0.3, 0.4) is 0 Å². The van der Waals surface area contributed by atoms with Crippen molar-refractivity contribution >= 4 is 92.0 Å². The molecule has 0 amide bonds. The molecule has 3 rings (SSSR count). The highest BCUT2D eigenvalue weighted by Crippen LogP contribution is 2.30. The van der Waals surface area contributed by atoms with Gasteiger partial charge in [-0.25, -0.2) is 4.79 Å². The maximum absolute atomic E-state index is 10.0. The molecule has 132 valence electrons. The lowest BCUT2D eigenvalue weighted by molar-refractivity contribution is -0.384. The molecule has 3 aromatic heterocycles. The van der Waals surface area contributed by atoms with E-state index in [-0.39, 0.29) is 10.0 Å². The normalized spacial score (nSPS) is 9.08. The summed E-state index contributed by atoms with van der Waals surface area (Å²) in [5.41, 5.74) is 6.48. The summed E-state index contributed by atoms with van der Waals surface area (Å²) in [6.45, 7) is 0. The van der Waals surface area contributed by atoms with Crippen LogP contribution in [0.5, 0.6) is 0 Å². The van der Waals surface area contributed by atoms with Crippen LogP contribution in [0.2, 0.25) is 13.0 Å². The molecule has 0 saturated heterocycles. The highest BCUT2D eigenvalue weighted by atomic mass is 35.5. The zero-order chi connectivity index (χ0) is 18.8. The van der Waals surface area contributed by atoms with Crippen molar-refractivity contribution in [3.63, 3.8) is 0 Å². The number of anilines is 1. The Morgan fingerprint density at radius 1 is 1.00 bits per heavy atom. The molecule has 0 spiro atoms. The molecule has 0 aliphatic heterocycles. The van der Waals surface area contributed by atoms with E-state index in [0.717, 1.165) is 11.3 Å². The van der Waals surface area contributed by atoms with Crippen molar-refractivity contribution in [1.82, 2.24) is 0 Å². The molecule has 0 saturated carbocycles. The summed E-state index contributed by atoms with van der Waals surface area (Å²) in [7, 11) is 0. The predicted molar refractivity (Wildman–Crippen MR) is 107 cm³/mol. The van der Waals surface area contributed by atoms with Gasteiger partial charge in [-0.3, -0.25) is 10.1 Å². The number of isocyanates is 1. The van der Waals surface area contributed by atoms with Gasteiger partial charge in [0.25, 0.3) is 5.69 Å². The van der Waals surface area contributed by atoms with Gasteiger partial charge in [-0.15, -0.1) is 34.0 Å². The Morgan fingerprint density at radius 3 is 1.84 bits per heavy atom. The van der Waals surface area contributed by atoms with Crippen LogP contribution in [0.15, 0.2) is 39.3 Å². The quantitative estimate of drug-likeness (QED) is 0.202. The molecule has 0 atom stereocenters. The van der Waals surface area contributed by atoms with Crippen molar-refractivity contribution in [3.05, 3.63) is 57.5 Å². The van der Waals surface area contributed by atoms with E-state index in [1.54, 1.807) is 22.9 Å². The van der Waals surface area contributed by atoms with Gasteiger partial charge in [0.15, 0.2) is 4.34 Å². The first-order chi connectivity index (χ1) is 11.9. The monoisotopic (exact) mass is 455 g/mol. The van der Waals surface area contributed by atoms with Crippen molar-refractivity contribution in [2.45, 2.75) is 0 Å². The van der Waals surface area contributed by atoms with E-state index >= 15 is 0 Å². The van der Waals surface area contributed by atoms with Crippen LogP contribution in [0, 0.1) is 10.1 Å². The van der Waals surface area contributed by atoms with Crippen LogP contribution < -0.4 is 5.73 Å². The Bertz CT molecular complexity index is 817. The van der Waals surface area contributed by atoms with E-state index in [1.165, 1.54) is 34.8 Å². The number of nitrogens with zero attached hydrogens (tertiary/aromatic N) is 2. The molecule has 0 bridgehead atoms. The molecule has 0 aromatic carbocycles. The lowest BCUT2D eigenvalue weighted by Crippen LogP contribution is -1.83. The Morgan fingerprint density at radius 2 is 1.56 bits per heavy atom. The maximum atomic E-state index is 10.0. The van der Waals surface area contributed by atoms with Crippen molar-refractivity contribution in [2.75, 3.05) is 5.73 Å². The fraction of sp³-hybridized carbons (Fsp3) is 0. The molecule has 0 unspecified atom stereocenters. The number of rotatable bonds is 2. The summed E-state index contributed by atoms with van der Waals surface area (Å²) in [6, 6.07) is 4.83. The minimum absolute atomic E-state index is 0.0123. The molecule has 3 aromatic rings. The maximum Gasteiger partial charge on any atom is 0.298 e. The molecule has 25 heavy (non-hydrogen) atoms. The van der Waals surface area contributed by atoms with Crippen molar-refractivity contribution in [3.8, 4) is 0 Å². The zero-order valence-corrected chi connectivity index (χ0v) is 16.7. The van der Waals surface area contributed by atoms with E-state index in [1.807, 2.05) is 5.38 Å². The first kappa shape index (κ1) is 21.6. The van der Waals surface area contributed by atoms with Gasteiger partial charge < -0.3 is 5.73 Å². The number of halogens is 3. The number of carbonyl (C=O) groups excluding carboxylic acids is 1. The van der Waals surface area contributed by atoms with Crippen LogP contribution in [0.25, 0.3) is 0 Å². The van der Waals surface area contributed by atoms with E-state index in [2.05, 4.69) is 4.99 Å². The summed E-state index contributed by atoms with van der Waals surface area (Å²) < 4.78 is 1.44. The molecule has 6 nitrogen and oxygen atoms in total. The van der Waals surface area contributed by atoms with Crippen LogP contribution >= 0.6 is 68.8 Å². The second-order valence-electron chi connectivity index (χ2n) is 3.77. The standard InChI is InChI=1S/C5H2ClNOS.C4H2ClNO2S.C4H4ClNS/c6-5-4(7-3-8)1-2-9-5;5-4-3(6(7)8)1-2-9-4;5-4-3(6)1-2-7-4/h2*1-2H;1-2H,6H2. The van der Waals surface area contributed by atoms with Crippen molar-refractivity contribution < 1.29 is 9.72 Å². The molecule has 0 radical (unpaired) electrons. The topological polar surface area (TPSA) is 98.6 Å². The lowest BCUT2D eigenvalue weighted by Gasteiger charge is -1.81. The van der Waals surface area contributed by atoms with Gasteiger partial charge in [-0.2, -0.15) is 4.99 Å². The van der Waals surface area contributed by atoms with Gasteiger partial charge in [0, 0.05) is 6.07 Å². The van der Waals surface area contributed by atoms with Crippen LogP contribution in [-0.2, 0) is 4.79 Å². The third-order valence-corrected chi connectivity index (χ3v) is 5.71. The van der Waals surface area contributed by atoms with Crippen molar-refractivity contribution in [1.29, 1.82) is 0 Å². The largest absolute Gasteiger partial charge is 0.397 e. The average Bonchev–Trinajstić information content (AvgIpc) is 3.26. The number of hydrogen-bond donors (Lipinski definition) is 1. The summed E-state index contributed by atoms with van der Waals surface area (Å²) in [5, 5.41) is 15.2. The van der Waals surface area contributed by atoms with Crippen LogP contribution in [0.4, 0.5) is 17.1 Å². The minimum atomic E-state index is -0.501. The zero-order valence-electron chi connectivity index (χ0n) is 12.0. The van der Waals surface area contributed by atoms with Gasteiger partial charge >= 0.3 is 0 Å². The van der Waals surface area contributed by atoms with E-state index in [0.29, 0.717) is 20.0 Å². The van der Waals surface area contributed by atoms with Gasteiger partial charge in [0.1, 0.15) is 14.4 Å². The number of thiophene rings is 3. The number of hydrogen-bond acceptors (Lipinski definition) is 8. The summed E-state index contributed by atoms with van der Waals surface area (Å²) in [4.78, 5) is 22.5. The first-order valence-corrected chi connectivity index (χ1v) is 9.80. The summed E-state index contributed by atoms with van der Waals surface area (Å²) in [5.74, 6) is 0. The van der Waals surface area contributed by atoms with Crippen molar-refractivity contribution in [2.24, 2.45) is 4.99 Å². The van der Waals surface area contributed by atoms with E-state index < -0.39 is 4.92 Å². The Balaban J connectivity index is 0.000000189. The van der Waals surface area contributed by atoms with Gasteiger partial charge in [0.05, 0.1) is 10.6 Å². The number of nitro groups is 1. The van der Waals surface area contributed by atoms with Gasteiger partial charge in [0.2, 0.25) is 6.08 Å². The molecule has 0 aliphatic rings. The second-order valence-corrected chi connectivity index (χ2v) is 8.32. The number of aliphatic imine (C=N–C) groups is 1. The van der Waals surface area contributed by atoms with Gasteiger partial charge in [-0.1, -0.05) is 34.8 Å². The number of nitrogens with two attached hydrogens (primary N) is 1. The number of nitrogen functional groups attached to an aromatic ring is 1. The average molecular weight is 457 g/mol. The lowest BCUT2D eigenvalue weighted by atomic mass is 10.6. The van der Waals surface area contributed by atoms with Crippen LogP contribution in [0.1, 0.15) is 0 Å².